The highest BCUT2D eigenvalue weighted by molar-refractivity contribution is 5.81. The standard InChI is InChI=1S/C22H31N7O/c1-3-23-21(27-17-19-7-4-6-18(2)16-19)24-11-8-20(30)28-12-14-29(15-13-28)22-25-9-5-10-26-22/h4-7,9-10,16H,3,8,11-15,17H2,1-2H3,(H2,23,24,27). The third kappa shape index (κ3) is 6.43. The molecule has 0 aliphatic carbocycles. The zero-order chi connectivity index (χ0) is 21.2. The molecule has 0 saturated carbocycles. The maximum absolute atomic E-state index is 12.6. The fourth-order valence-electron chi connectivity index (χ4n) is 3.38. The van der Waals surface area contributed by atoms with Gasteiger partial charge in [0.15, 0.2) is 5.96 Å². The molecule has 1 aliphatic rings. The third-order valence-electron chi connectivity index (χ3n) is 4.95. The van der Waals surface area contributed by atoms with Crippen LogP contribution in [0.15, 0.2) is 47.7 Å². The minimum atomic E-state index is 0.158. The van der Waals surface area contributed by atoms with Crippen LogP contribution in [-0.2, 0) is 11.3 Å². The van der Waals surface area contributed by atoms with Crippen LogP contribution in [0.4, 0.5) is 5.95 Å². The lowest BCUT2D eigenvalue weighted by atomic mass is 10.1. The smallest absolute Gasteiger partial charge is 0.225 e. The van der Waals surface area contributed by atoms with E-state index in [4.69, 9.17) is 0 Å². The number of guanidine groups is 1. The van der Waals surface area contributed by atoms with Gasteiger partial charge in [-0.15, -0.1) is 0 Å². The van der Waals surface area contributed by atoms with Crippen LogP contribution < -0.4 is 15.5 Å². The van der Waals surface area contributed by atoms with Crippen molar-refractivity contribution in [3.8, 4) is 0 Å². The molecule has 0 atom stereocenters. The number of piperazine rings is 1. The lowest BCUT2D eigenvalue weighted by Crippen LogP contribution is -2.50. The Kier molecular flexibility index (Phi) is 8.00. The summed E-state index contributed by atoms with van der Waals surface area (Å²) in [6, 6.07) is 10.1. The lowest BCUT2D eigenvalue weighted by molar-refractivity contribution is -0.131. The SMILES string of the molecule is CCNC(=NCc1cccc(C)c1)NCCC(=O)N1CCN(c2ncccn2)CC1. The maximum Gasteiger partial charge on any atom is 0.225 e. The number of amides is 1. The maximum atomic E-state index is 12.6. The van der Waals surface area contributed by atoms with Crippen LogP contribution in [-0.4, -0.2) is 66.0 Å². The molecule has 0 spiro atoms. The molecule has 3 rings (SSSR count). The number of hydrogen-bond donors (Lipinski definition) is 2. The van der Waals surface area contributed by atoms with Crippen molar-refractivity contribution in [2.75, 3.05) is 44.2 Å². The van der Waals surface area contributed by atoms with Crippen molar-refractivity contribution in [2.24, 2.45) is 4.99 Å². The van der Waals surface area contributed by atoms with Crippen LogP contribution in [0.5, 0.6) is 0 Å². The van der Waals surface area contributed by atoms with Gasteiger partial charge in [0.05, 0.1) is 6.54 Å². The summed E-state index contributed by atoms with van der Waals surface area (Å²) in [6.45, 7) is 8.94. The molecule has 1 aliphatic heterocycles. The Balaban J connectivity index is 1.42. The Hall–Kier alpha value is -3.16. The largest absolute Gasteiger partial charge is 0.357 e. The molecule has 0 bridgehead atoms. The summed E-state index contributed by atoms with van der Waals surface area (Å²) >= 11 is 0. The molecule has 2 N–H and O–H groups in total. The topological polar surface area (TPSA) is 85.8 Å². The Morgan fingerprint density at radius 1 is 1.10 bits per heavy atom. The number of anilines is 1. The van der Waals surface area contributed by atoms with Gasteiger partial charge < -0.3 is 20.4 Å². The van der Waals surface area contributed by atoms with Crippen LogP contribution in [0.3, 0.4) is 0 Å². The second-order valence-corrected chi connectivity index (χ2v) is 7.28. The van der Waals surface area contributed by atoms with E-state index in [1.54, 1.807) is 12.4 Å². The molecule has 1 aromatic heterocycles. The average Bonchev–Trinajstić information content (AvgIpc) is 2.78. The second kappa shape index (κ2) is 11.1. The first-order valence-corrected chi connectivity index (χ1v) is 10.5. The lowest BCUT2D eigenvalue weighted by Gasteiger charge is -2.34. The van der Waals surface area contributed by atoms with E-state index in [0.717, 1.165) is 31.5 Å². The molecule has 0 unspecified atom stereocenters. The van der Waals surface area contributed by atoms with E-state index in [-0.39, 0.29) is 5.91 Å². The highest BCUT2D eigenvalue weighted by Crippen LogP contribution is 2.10. The summed E-state index contributed by atoms with van der Waals surface area (Å²) in [7, 11) is 0. The van der Waals surface area contributed by atoms with Crippen molar-refractivity contribution in [2.45, 2.75) is 26.8 Å². The first kappa shape index (κ1) is 21.5. The van der Waals surface area contributed by atoms with Gasteiger partial charge in [0, 0.05) is 58.1 Å². The van der Waals surface area contributed by atoms with Crippen LogP contribution in [0.2, 0.25) is 0 Å². The molecule has 0 radical (unpaired) electrons. The summed E-state index contributed by atoms with van der Waals surface area (Å²) in [5, 5.41) is 6.51. The number of hydrogen-bond acceptors (Lipinski definition) is 5. The minimum Gasteiger partial charge on any atom is -0.357 e. The molecule has 1 saturated heterocycles. The minimum absolute atomic E-state index is 0.158. The number of rotatable bonds is 7. The van der Waals surface area contributed by atoms with Gasteiger partial charge in [0.25, 0.3) is 0 Å². The first-order valence-electron chi connectivity index (χ1n) is 10.5. The van der Waals surface area contributed by atoms with E-state index in [2.05, 4.69) is 55.6 Å². The van der Waals surface area contributed by atoms with E-state index >= 15 is 0 Å². The predicted octanol–water partition coefficient (Wildman–Crippen LogP) is 1.58. The fraction of sp³-hybridized carbons (Fsp3) is 0.455. The van der Waals surface area contributed by atoms with Crippen molar-refractivity contribution in [1.82, 2.24) is 25.5 Å². The monoisotopic (exact) mass is 409 g/mol. The van der Waals surface area contributed by atoms with Gasteiger partial charge in [-0.2, -0.15) is 0 Å². The fourth-order valence-corrected chi connectivity index (χ4v) is 3.38. The third-order valence-corrected chi connectivity index (χ3v) is 4.95. The normalized spacial score (nSPS) is 14.5. The molecular formula is C22H31N7O. The summed E-state index contributed by atoms with van der Waals surface area (Å²) in [5.74, 6) is 1.62. The van der Waals surface area contributed by atoms with E-state index in [9.17, 15) is 4.79 Å². The summed E-state index contributed by atoms with van der Waals surface area (Å²) in [6.07, 6.45) is 3.93. The van der Waals surface area contributed by atoms with Gasteiger partial charge in [-0.05, 0) is 25.5 Å². The number of aromatic nitrogens is 2. The van der Waals surface area contributed by atoms with Gasteiger partial charge in [-0.1, -0.05) is 29.8 Å². The highest BCUT2D eigenvalue weighted by Gasteiger charge is 2.22. The van der Waals surface area contributed by atoms with Gasteiger partial charge in [0.1, 0.15) is 0 Å². The molecule has 2 heterocycles. The summed E-state index contributed by atoms with van der Waals surface area (Å²) < 4.78 is 0. The summed E-state index contributed by atoms with van der Waals surface area (Å²) in [4.78, 5) is 29.8. The van der Waals surface area contributed by atoms with Gasteiger partial charge in [-0.3, -0.25) is 4.79 Å². The number of carbonyl (C=O) groups is 1. The van der Waals surface area contributed by atoms with Crippen molar-refractivity contribution in [1.29, 1.82) is 0 Å². The van der Waals surface area contributed by atoms with Crippen LogP contribution in [0.25, 0.3) is 0 Å². The molecule has 1 amide bonds. The Morgan fingerprint density at radius 2 is 1.87 bits per heavy atom. The van der Waals surface area contributed by atoms with E-state index in [1.807, 2.05) is 24.0 Å². The molecular weight excluding hydrogens is 378 g/mol. The first-order chi connectivity index (χ1) is 14.7. The molecule has 1 fully saturated rings. The molecule has 160 valence electrons. The number of benzene rings is 1. The van der Waals surface area contributed by atoms with Crippen molar-refractivity contribution < 1.29 is 4.79 Å². The van der Waals surface area contributed by atoms with Crippen LogP contribution >= 0.6 is 0 Å². The molecule has 8 heteroatoms. The number of carbonyl (C=O) groups excluding carboxylic acids is 1. The van der Waals surface area contributed by atoms with Crippen molar-refractivity contribution in [3.63, 3.8) is 0 Å². The van der Waals surface area contributed by atoms with Gasteiger partial charge in [0.2, 0.25) is 11.9 Å². The summed E-state index contributed by atoms with van der Waals surface area (Å²) in [5.41, 5.74) is 2.40. The number of aliphatic imine (C=N–C) groups is 1. The van der Waals surface area contributed by atoms with Crippen molar-refractivity contribution >= 4 is 17.8 Å². The van der Waals surface area contributed by atoms with Crippen molar-refractivity contribution in [3.05, 3.63) is 53.9 Å². The van der Waals surface area contributed by atoms with Gasteiger partial charge in [-0.25, -0.2) is 15.0 Å². The Morgan fingerprint density at radius 3 is 2.57 bits per heavy atom. The predicted molar refractivity (Wildman–Crippen MR) is 119 cm³/mol. The number of nitrogens with zero attached hydrogens (tertiary/aromatic N) is 5. The molecule has 1 aromatic carbocycles. The Bertz CT molecular complexity index is 832. The van der Waals surface area contributed by atoms with Gasteiger partial charge >= 0.3 is 0 Å². The van der Waals surface area contributed by atoms with Crippen LogP contribution in [0, 0.1) is 6.92 Å². The number of nitrogens with one attached hydrogen (secondary N) is 2. The van der Waals surface area contributed by atoms with E-state index < -0.39 is 0 Å². The highest BCUT2D eigenvalue weighted by atomic mass is 16.2. The average molecular weight is 410 g/mol. The zero-order valence-corrected chi connectivity index (χ0v) is 17.8. The quantitative estimate of drug-likeness (QED) is 0.533. The zero-order valence-electron chi connectivity index (χ0n) is 17.8. The number of aryl methyl sites for hydroxylation is 1. The Labute approximate surface area is 178 Å². The van der Waals surface area contributed by atoms with E-state index in [0.29, 0.717) is 32.6 Å². The molecule has 30 heavy (non-hydrogen) atoms. The molecule has 8 nitrogen and oxygen atoms in total. The second-order valence-electron chi connectivity index (χ2n) is 7.28. The van der Waals surface area contributed by atoms with E-state index in [1.165, 1.54) is 11.1 Å². The molecule has 2 aromatic rings. The van der Waals surface area contributed by atoms with Crippen LogP contribution in [0.1, 0.15) is 24.5 Å².